The van der Waals surface area contributed by atoms with Crippen LogP contribution in [-0.4, -0.2) is 40.2 Å². The second kappa shape index (κ2) is 5.53. The summed E-state index contributed by atoms with van der Waals surface area (Å²) in [6, 6.07) is 7.34. The molecule has 5 heteroatoms. The number of benzene rings is 1. The van der Waals surface area contributed by atoms with Gasteiger partial charge in [0.1, 0.15) is 0 Å². The fourth-order valence-corrected chi connectivity index (χ4v) is 6.19. The van der Waals surface area contributed by atoms with Gasteiger partial charge in [0.05, 0.1) is 11.0 Å². The molecule has 1 aromatic rings. The highest BCUT2D eigenvalue weighted by Gasteiger charge is 2.64. The van der Waals surface area contributed by atoms with Crippen LogP contribution < -0.4 is 0 Å². The Morgan fingerprint density at radius 2 is 2.08 bits per heavy atom. The molecule has 1 aliphatic carbocycles. The monoisotopic (exact) mass is 330 g/mol. The average molecular weight is 330 g/mol. The number of hydrogen-bond acceptors (Lipinski definition) is 4. The van der Waals surface area contributed by atoms with Crippen molar-refractivity contribution in [3.05, 3.63) is 39.9 Å². The molecule has 1 N–H and O–H groups in total. The minimum absolute atomic E-state index is 0.177. The molecule has 0 amide bonds. The van der Waals surface area contributed by atoms with Gasteiger partial charge < -0.3 is 5.11 Å². The topological polar surface area (TPSA) is 66.6 Å². The Hall–Kier alpha value is -1.46. The summed E-state index contributed by atoms with van der Waals surface area (Å²) in [6.45, 7) is 4.25. The zero-order valence-electron chi connectivity index (χ0n) is 14.3. The van der Waals surface area contributed by atoms with E-state index in [9.17, 15) is 15.2 Å². The first kappa shape index (κ1) is 16.0. The molecule has 2 saturated heterocycles. The van der Waals surface area contributed by atoms with Gasteiger partial charge >= 0.3 is 0 Å². The third-order valence-corrected chi connectivity index (χ3v) is 7.18. The highest BCUT2D eigenvalue weighted by atomic mass is 16.6. The molecular weight excluding hydrogens is 304 g/mol. The Morgan fingerprint density at radius 3 is 2.83 bits per heavy atom. The number of aliphatic hydroxyl groups excluding tert-OH is 1. The largest absolute Gasteiger partial charge is 0.392 e. The lowest BCUT2D eigenvalue weighted by molar-refractivity contribution is -0.386. The molecule has 0 aromatic heterocycles. The first-order chi connectivity index (χ1) is 11.5. The predicted molar refractivity (Wildman–Crippen MR) is 92.0 cm³/mol. The standard InChI is InChI=1S/C19H26N2O3/c1-2-18-9-5-12-20-13-11-19(17(18)20,16(22)8-10-18)14-6-3-4-7-15(14)21(23)24/h3-4,6-7,16-17,22H,2,5,8-13H2,1H3/t16?,17-,18-,19-/m1/s1. The van der Waals surface area contributed by atoms with E-state index < -0.39 is 11.5 Å². The van der Waals surface area contributed by atoms with Gasteiger partial charge in [-0.1, -0.05) is 25.1 Å². The van der Waals surface area contributed by atoms with E-state index in [0.29, 0.717) is 0 Å². The van der Waals surface area contributed by atoms with Crippen molar-refractivity contribution < 1.29 is 10.0 Å². The van der Waals surface area contributed by atoms with Gasteiger partial charge in [-0.15, -0.1) is 0 Å². The van der Waals surface area contributed by atoms with Crippen molar-refractivity contribution in [3.63, 3.8) is 0 Å². The van der Waals surface area contributed by atoms with Crippen LogP contribution in [0.4, 0.5) is 5.69 Å². The number of nitro groups is 1. The summed E-state index contributed by atoms with van der Waals surface area (Å²) in [5.41, 5.74) is 0.640. The third-order valence-electron chi connectivity index (χ3n) is 7.18. The van der Waals surface area contributed by atoms with E-state index in [-0.39, 0.29) is 22.1 Å². The molecule has 4 rings (SSSR count). The van der Waals surface area contributed by atoms with Crippen LogP contribution in [0.25, 0.3) is 0 Å². The lowest BCUT2D eigenvalue weighted by Crippen LogP contribution is -2.63. The Morgan fingerprint density at radius 1 is 1.29 bits per heavy atom. The molecule has 24 heavy (non-hydrogen) atoms. The molecule has 1 unspecified atom stereocenters. The molecule has 0 spiro atoms. The maximum absolute atomic E-state index is 11.7. The van der Waals surface area contributed by atoms with Gasteiger partial charge in [-0.2, -0.15) is 0 Å². The van der Waals surface area contributed by atoms with Crippen LogP contribution in [-0.2, 0) is 5.41 Å². The Bertz CT molecular complexity index is 664. The van der Waals surface area contributed by atoms with Crippen LogP contribution in [0.3, 0.4) is 0 Å². The van der Waals surface area contributed by atoms with E-state index >= 15 is 0 Å². The molecule has 130 valence electrons. The number of nitro benzene ring substituents is 1. The van der Waals surface area contributed by atoms with E-state index in [4.69, 9.17) is 0 Å². The zero-order chi connectivity index (χ0) is 16.9. The summed E-state index contributed by atoms with van der Waals surface area (Å²) in [5, 5.41) is 22.8. The summed E-state index contributed by atoms with van der Waals surface area (Å²) in [7, 11) is 0. The quantitative estimate of drug-likeness (QED) is 0.682. The first-order valence-corrected chi connectivity index (χ1v) is 9.21. The van der Waals surface area contributed by atoms with E-state index in [1.165, 1.54) is 12.8 Å². The minimum Gasteiger partial charge on any atom is -0.392 e. The number of aliphatic hydroxyl groups is 1. The van der Waals surface area contributed by atoms with Crippen LogP contribution >= 0.6 is 0 Å². The van der Waals surface area contributed by atoms with Gasteiger partial charge in [0.25, 0.3) is 5.69 Å². The third kappa shape index (κ3) is 1.94. The summed E-state index contributed by atoms with van der Waals surface area (Å²) in [6.07, 6.45) is 5.59. The van der Waals surface area contributed by atoms with Crippen LogP contribution in [0.2, 0.25) is 0 Å². The summed E-state index contributed by atoms with van der Waals surface area (Å²) < 4.78 is 0. The number of piperidine rings is 1. The molecule has 4 atom stereocenters. The van der Waals surface area contributed by atoms with Gasteiger partial charge in [0, 0.05) is 23.1 Å². The normalized spacial score (nSPS) is 38.8. The van der Waals surface area contributed by atoms with Gasteiger partial charge in [0.2, 0.25) is 0 Å². The van der Waals surface area contributed by atoms with Crippen molar-refractivity contribution in [2.45, 2.75) is 63.0 Å². The molecule has 2 heterocycles. The fourth-order valence-electron chi connectivity index (χ4n) is 6.19. The number of para-hydroxylation sites is 1. The maximum atomic E-state index is 11.7. The second-order valence-electron chi connectivity index (χ2n) is 7.88. The Labute approximate surface area is 142 Å². The molecule has 0 bridgehead atoms. The number of nitrogens with zero attached hydrogens (tertiary/aromatic N) is 2. The summed E-state index contributed by atoms with van der Waals surface area (Å²) in [4.78, 5) is 13.9. The fraction of sp³-hybridized carbons (Fsp3) is 0.684. The highest BCUT2D eigenvalue weighted by molar-refractivity contribution is 5.49. The van der Waals surface area contributed by atoms with Crippen molar-refractivity contribution in [1.82, 2.24) is 4.90 Å². The van der Waals surface area contributed by atoms with Crippen molar-refractivity contribution in [1.29, 1.82) is 0 Å². The predicted octanol–water partition coefficient (Wildman–Crippen LogP) is 3.25. The maximum Gasteiger partial charge on any atom is 0.273 e. The molecule has 3 aliphatic rings. The Balaban J connectivity index is 1.93. The van der Waals surface area contributed by atoms with E-state index in [0.717, 1.165) is 44.3 Å². The van der Waals surface area contributed by atoms with Crippen molar-refractivity contribution in [2.75, 3.05) is 13.1 Å². The SMILES string of the molecule is CC[C@@]12CCCN3CC[C@@](c4ccccc4[N+](=O)[O-])(C(O)CC1)[C@H]32. The van der Waals surface area contributed by atoms with Gasteiger partial charge in [-0.3, -0.25) is 15.0 Å². The lowest BCUT2D eigenvalue weighted by atomic mass is 9.52. The molecule has 3 fully saturated rings. The molecule has 0 radical (unpaired) electrons. The highest BCUT2D eigenvalue weighted by Crippen LogP contribution is 2.61. The molecule has 1 saturated carbocycles. The summed E-state index contributed by atoms with van der Waals surface area (Å²) >= 11 is 0. The molecule has 5 nitrogen and oxygen atoms in total. The molecule has 2 aliphatic heterocycles. The van der Waals surface area contributed by atoms with Gasteiger partial charge in [-0.05, 0) is 57.0 Å². The van der Waals surface area contributed by atoms with Crippen LogP contribution in [0.1, 0.15) is 51.0 Å². The lowest BCUT2D eigenvalue weighted by Gasteiger charge is -2.58. The van der Waals surface area contributed by atoms with Crippen molar-refractivity contribution in [3.8, 4) is 0 Å². The number of rotatable bonds is 3. The second-order valence-corrected chi connectivity index (χ2v) is 7.88. The van der Waals surface area contributed by atoms with Gasteiger partial charge in [0.15, 0.2) is 0 Å². The van der Waals surface area contributed by atoms with E-state index in [2.05, 4.69) is 11.8 Å². The smallest absolute Gasteiger partial charge is 0.273 e. The van der Waals surface area contributed by atoms with E-state index in [1.807, 2.05) is 12.1 Å². The van der Waals surface area contributed by atoms with E-state index in [1.54, 1.807) is 12.1 Å². The van der Waals surface area contributed by atoms with Crippen LogP contribution in [0.15, 0.2) is 24.3 Å². The number of hydrogen-bond donors (Lipinski definition) is 1. The molecule has 1 aromatic carbocycles. The van der Waals surface area contributed by atoms with Crippen LogP contribution in [0.5, 0.6) is 0 Å². The van der Waals surface area contributed by atoms with Crippen molar-refractivity contribution in [2.24, 2.45) is 5.41 Å². The Kier molecular flexibility index (Phi) is 3.69. The molecular formula is C19H26N2O3. The average Bonchev–Trinajstić information content (AvgIpc) is 3.01. The minimum atomic E-state index is -0.494. The van der Waals surface area contributed by atoms with Crippen molar-refractivity contribution >= 4 is 5.69 Å². The summed E-state index contributed by atoms with van der Waals surface area (Å²) in [5.74, 6) is 0. The van der Waals surface area contributed by atoms with Gasteiger partial charge in [-0.25, -0.2) is 0 Å². The van der Waals surface area contributed by atoms with Crippen LogP contribution in [0, 0.1) is 15.5 Å². The first-order valence-electron chi connectivity index (χ1n) is 9.21. The zero-order valence-corrected chi connectivity index (χ0v) is 14.3.